The van der Waals surface area contributed by atoms with Crippen LogP contribution in [0.2, 0.25) is 0 Å². The van der Waals surface area contributed by atoms with Crippen LogP contribution in [-0.4, -0.2) is 36.0 Å². The van der Waals surface area contributed by atoms with E-state index in [0.29, 0.717) is 25.4 Å². The topological polar surface area (TPSA) is 105 Å². The predicted octanol–water partition coefficient (Wildman–Crippen LogP) is 1.69. The second-order valence-electron chi connectivity index (χ2n) is 5.67. The third-order valence-electron chi connectivity index (χ3n) is 4.08. The van der Waals surface area contributed by atoms with Gasteiger partial charge in [-0.2, -0.15) is 0 Å². The van der Waals surface area contributed by atoms with E-state index in [4.69, 9.17) is 21.6 Å². The minimum absolute atomic E-state index is 0.0124. The first-order chi connectivity index (χ1) is 10.6. The molecule has 2 rings (SSSR count). The van der Waals surface area contributed by atoms with Crippen molar-refractivity contribution in [2.45, 2.75) is 31.9 Å². The molecule has 2 unspecified atom stereocenters. The first-order valence-corrected chi connectivity index (χ1v) is 7.63. The summed E-state index contributed by atoms with van der Waals surface area (Å²) in [4.78, 5) is 13.8. The number of nitrogens with one attached hydrogen (secondary N) is 1. The lowest BCUT2D eigenvalue weighted by Gasteiger charge is -2.38. The van der Waals surface area contributed by atoms with Gasteiger partial charge in [0, 0.05) is 6.54 Å². The third kappa shape index (κ3) is 4.21. The Balaban J connectivity index is 1.94. The van der Waals surface area contributed by atoms with Gasteiger partial charge < -0.3 is 16.2 Å². The summed E-state index contributed by atoms with van der Waals surface area (Å²) in [7, 11) is 0. The van der Waals surface area contributed by atoms with E-state index in [0.717, 1.165) is 18.4 Å². The molecule has 0 saturated carbocycles. The molecule has 1 fully saturated rings. The summed E-state index contributed by atoms with van der Waals surface area (Å²) in [6.07, 6.45) is 2.06. The smallest absolute Gasteiger partial charge is 0.410 e. The Morgan fingerprint density at radius 1 is 1.36 bits per heavy atom. The molecule has 0 aliphatic carbocycles. The van der Waals surface area contributed by atoms with Crippen molar-refractivity contribution in [1.29, 1.82) is 5.41 Å². The first-order valence-electron chi connectivity index (χ1n) is 7.63. The SMILES string of the molecule is N=C(N)C1CC(CCN)CCN1C(=O)OCc1ccccc1. The summed E-state index contributed by atoms with van der Waals surface area (Å²) in [5, 5.41) is 7.73. The van der Waals surface area contributed by atoms with E-state index in [9.17, 15) is 4.79 Å². The van der Waals surface area contributed by atoms with Gasteiger partial charge in [0.05, 0.1) is 6.04 Å². The van der Waals surface area contributed by atoms with E-state index < -0.39 is 6.09 Å². The summed E-state index contributed by atoms with van der Waals surface area (Å²) in [5.74, 6) is 0.426. The fraction of sp³-hybridized carbons (Fsp3) is 0.500. The van der Waals surface area contributed by atoms with Crippen LogP contribution in [0.1, 0.15) is 24.8 Å². The number of piperidine rings is 1. The number of rotatable bonds is 5. The van der Waals surface area contributed by atoms with Crippen LogP contribution in [0.5, 0.6) is 0 Å². The number of amidine groups is 1. The predicted molar refractivity (Wildman–Crippen MR) is 85.4 cm³/mol. The summed E-state index contributed by atoms with van der Waals surface area (Å²) >= 11 is 0. The molecule has 120 valence electrons. The van der Waals surface area contributed by atoms with Gasteiger partial charge in [-0.15, -0.1) is 0 Å². The maximum atomic E-state index is 12.3. The van der Waals surface area contributed by atoms with E-state index >= 15 is 0 Å². The molecule has 0 aromatic heterocycles. The third-order valence-corrected chi connectivity index (χ3v) is 4.08. The minimum Gasteiger partial charge on any atom is -0.445 e. The van der Waals surface area contributed by atoms with Crippen molar-refractivity contribution >= 4 is 11.9 Å². The highest BCUT2D eigenvalue weighted by atomic mass is 16.6. The van der Waals surface area contributed by atoms with Crippen LogP contribution in [0.3, 0.4) is 0 Å². The number of hydrogen-bond donors (Lipinski definition) is 3. The molecule has 0 bridgehead atoms. The number of nitrogens with two attached hydrogens (primary N) is 2. The number of likely N-dealkylation sites (tertiary alicyclic amines) is 1. The van der Waals surface area contributed by atoms with Crippen molar-refractivity contribution in [3.8, 4) is 0 Å². The zero-order chi connectivity index (χ0) is 15.9. The molecule has 1 amide bonds. The summed E-state index contributed by atoms with van der Waals surface area (Å²) in [6.45, 7) is 1.41. The molecule has 0 radical (unpaired) electrons. The number of ether oxygens (including phenoxy) is 1. The summed E-state index contributed by atoms with van der Waals surface area (Å²) in [5.41, 5.74) is 12.2. The van der Waals surface area contributed by atoms with E-state index in [1.165, 1.54) is 0 Å². The van der Waals surface area contributed by atoms with Crippen molar-refractivity contribution in [2.24, 2.45) is 17.4 Å². The Morgan fingerprint density at radius 2 is 2.09 bits per heavy atom. The average molecular weight is 304 g/mol. The average Bonchev–Trinajstić information content (AvgIpc) is 2.54. The Kier molecular flexibility index (Phi) is 5.77. The van der Waals surface area contributed by atoms with Gasteiger partial charge in [0.15, 0.2) is 0 Å². The minimum atomic E-state index is -0.407. The van der Waals surface area contributed by atoms with Crippen molar-refractivity contribution in [3.05, 3.63) is 35.9 Å². The van der Waals surface area contributed by atoms with E-state index in [-0.39, 0.29) is 18.5 Å². The number of carbonyl (C=O) groups is 1. The normalized spacial score (nSPS) is 21.4. The molecule has 1 aromatic rings. The fourth-order valence-corrected chi connectivity index (χ4v) is 2.85. The highest BCUT2D eigenvalue weighted by molar-refractivity contribution is 5.86. The van der Waals surface area contributed by atoms with Gasteiger partial charge in [-0.1, -0.05) is 30.3 Å². The van der Waals surface area contributed by atoms with Crippen LogP contribution in [0.25, 0.3) is 0 Å². The quantitative estimate of drug-likeness (QED) is 0.568. The van der Waals surface area contributed by atoms with Crippen molar-refractivity contribution in [3.63, 3.8) is 0 Å². The van der Waals surface area contributed by atoms with E-state index in [1.807, 2.05) is 30.3 Å². The highest BCUT2D eigenvalue weighted by Gasteiger charge is 2.34. The van der Waals surface area contributed by atoms with Crippen LogP contribution >= 0.6 is 0 Å². The van der Waals surface area contributed by atoms with Crippen molar-refractivity contribution in [1.82, 2.24) is 4.90 Å². The lowest BCUT2D eigenvalue weighted by atomic mass is 9.88. The Labute approximate surface area is 130 Å². The second-order valence-corrected chi connectivity index (χ2v) is 5.67. The maximum absolute atomic E-state index is 12.3. The van der Waals surface area contributed by atoms with Gasteiger partial charge in [0.2, 0.25) is 0 Å². The lowest BCUT2D eigenvalue weighted by Crippen LogP contribution is -2.52. The van der Waals surface area contributed by atoms with Gasteiger partial charge >= 0.3 is 6.09 Å². The standard InChI is InChI=1S/C16H24N4O2/c17-8-6-12-7-9-20(14(10-12)15(18)19)16(21)22-11-13-4-2-1-3-5-13/h1-5,12,14H,6-11,17H2,(H3,18,19). The molecule has 0 spiro atoms. The number of amides is 1. The lowest BCUT2D eigenvalue weighted by molar-refractivity contribution is 0.0707. The van der Waals surface area contributed by atoms with Gasteiger partial charge in [-0.25, -0.2) is 4.79 Å². The van der Waals surface area contributed by atoms with E-state index in [1.54, 1.807) is 4.90 Å². The second kappa shape index (κ2) is 7.79. The largest absolute Gasteiger partial charge is 0.445 e. The molecule has 22 heavy (non-hydrogen) atoms. The Bertz CT molecular complexity index is 506. The number of hydrogen-bond acceptors (Lipinski definition) is 4. The van der Waals surface area contributed by atoms with Crippen LogP contribution in [0.15, 0.2) is 30.3 Å². The zero-order valence-electron chi connectivity index (χ0n) is 12.7. The zero-order valence-corrected chi connectivity index (χ0v) is 12.7. The molecular formula is C16H24N4O2. The monoisotopic (exact) mass is 304 g/mol. The number of nitrogens with zero attached hydrogens (tertiary/aromatic N) is 1. The Hall–Kier alpha value is -2.08. The number of carbonyl (C=O) groups excluding carboxylic acids is 1. The molecule has 5 N–H and O–H groups in total. The van der Waals surface area contributed by atoms with Crippen molar-refractivity contribution in [2.75, 3.05) is 13.1 Å². The van der Waals surface area contributed by atoms with Crippen LogP contribution in [0.4, 0.5) is 4.79 Å². The molecule has 1 aliphatic rings. The highest BCUT2D eigenvalue weighted by Crippen LogP contribution is 2.26. The molecule has 1 aliphatic heterocycles. The van der Waals surface area contributed by atoms with Crippen molar-refractivity contribution < 1.29 is 9.53 Å². The van der Waals surface area contributed by atoms with E-state index in [2.05, 4.69) is 0 Å². The van der Waals surface area contributed by atoms with Crippen LogP contribution in [-0.2, 0) is 11.3 Å². The Morgan fingerprint density at radius 3 is 2.73 bits per heavy atom. The molecule has 1 saturated heterocycles. The van der Waals surface area contributed by atoms with Crippen LogP contribution < -0.4 is 11.5 Å². The van der Waals surface area contributed by atoms with Gasteiger partial charge in [-0.3, -0.25) is 10.3 Å². The molecular weight excluding hydrogens is 280 g/mol. The van der Waals surface area contributed by atoms with Crippen LogP contribution in [0, 0.1) is 11.3 Å². The van der Waals surface area contributed by atoms with Gasteiger partial charge in [0.25, 0.3) is 0 Å². The summed E-state index contributed by atoms with van der Waals surface area (Å²) < 4.78 is 5.35. The molecule has 1 heterocycles. The first kappa shape index (κ1) is 16.3. The molecule has 6 heteroatoms. The van der Waals surface area contributed by atoms with Gasteiger partial charge in [0.1, 0.15) is 12.4 Å². The molecule has 6 nitrogen and oxygen atoms in total. The fourth-order valence-electron chi connectivity index (χ4n) is 2.85. The van der Waals surface area contributed by atoms with Gasteiger partial charge in [-0.05, 0) is 37.3 Å². The maximum Gasteiger partial charge on any atom is 0.410 e. The molecule has 1 aromatic carbocycles. The summed E-state index contributed by atoms with van der Waals surface area (Å²) in [6, 6.07) is 9.15. The number of benzene rings is 1. The molecule has 2 atom stereocenters.